The van der Waals surface area contributed by atoms with Crippen LogP contribution in [0.25, 0.3) is 0 Å². The maximum Gasteiger partial charge on any atom is 0.317 e. The van der Waals surface area contributed by atoms with Gasteiger partial charge in [-0.3, -0.25) is 4.79 Å². The molecule has 2 amide bonds. The number of phenols is 1. The predicted molar refractivity (Wildman–Crippen MR) is 111 cm³/mol. The van der Waals surface area contributed by atoms with Crippen molar-refractivity contribution in [3.8, 4) is 5.75 Å². The Hall–Kier alpha value is -3.02. The number of hydrogen-bond donors (Lipinski definition) is 3. The lowest BCUT2D eigenvalue weighted by Crippen LogP contribution is -2.48. The van der Waals surface area contributed by atoms with E-state index < -0.39 is 5.97 Å². The Kier molecular flexibility index (Phi) is 7.11. The van der Waals surface area contributed by atoms with Gasteiger partial charge in [-0.05, 0) is 54.9 Å². The molecule has 1 aliphatic rings. The van der Waals surface area contributed by atoms with Gasteiger partial charge in [-0.25, -0.2) is 4.79 Å². The van der Waals surface area contributed by atoms with E-state index in [0.717, 1.165) is 18.4 Å². The number of urea groups is 1. The number of hydrogen-bond acceptors (Lipinski definition) is 3. The van der Waals surface area contributed by atoms with E-state index in [2.05, 4.69) is 5.32 Å². The molecule has 2 aromatic carbocycles. The molecule has 6 heteroatoms. The molecule has 1 heterocycles. The SMILES string of the molecule is O=C(O)CCC(Cc1ccccc1)NC(=O)N1CCC(c2ccc(O)cc2)CC1. The van der Waals surface area contributed by atoms with Crippen LogP contribution in [0, 0.1) is 0 Å². The van der Waals surface area contributed by atoms with Crippen molar-refractivity contribution in [1.29, 1.82) is 0 Å². The number of carboxylic acids is 1. The minimum atomic E-state index is -0.855. The molecule has 1 atom stereocenters. The summed E-state index contributed by atoms with van der Waals surface area (Å²) in [5.74, 6) is -0.213. The average molecular weight is 396 g/mol. The summed E-state index contributed by atoms with van der Waals surface area (Å²) in [5, 5.41) is 21.5. The van der Waals surface area contributed by atoms with Crippen LogP contribution in [-0.4, -0.2) is 46.2 Å². The number of carbonyl (C=O) groups excluding carboxylic acids is 1. The van der Waals surface area contributed by atoms with Crippen molar-refractivity contribution < 1.29 is 19.8 Å². The molecule has 0 bridgehead atoms. The summed E-state index contributed by atoms with van der Waals surface area (Å²) in [6.45, 7) is 1.32. The van der Waals surface area contributed by atoms with Gasteiger partial charge in [-0.1, -0.05) is 42.5 Å². The first-order valence-corrected chi connectivity index (χ1v) is 10.1. The second kappa shape index (κ2) is 9.96. The van der Waals surface area contributed by atoms with Gasteiger partial charge < -0.3 is 20.4 Å². The van der Waals surface area contributed by atoms with Crippen molar-refractivity contribution in [3.05, 3.63) is 65.7 Å². The van der Waals surface area contributed by atoms with Crippen LogP contribution in [0.2, 0.25) is 0 Å². The smallest absolute Gasteiger partial charge is 0.317 e. The van der Waals surface area contributed by atoms with E-state index in [1.165, 1.54) is 5.56 Å². The van der Waals surface area contributed by atoms with E-state index in [1.807, 2.05) is 47.4 Å². The minimum Gasteiger partial charge on any atom is -0.508 e. The molecule has 1 fully saturated rings. The monoisotopic (exact) mass is 396 g/mol. The highest BCUT2D eigenvalue weighted by atomic mass is 16.4. The molecule has 154 valence electrons. The Labute approximate surface area is 171 Å². The average Bonchev–Trinajstić information content (AvgIpc) is 2.73. The van der Waals surface area contributed by atoms with Crippen LogP contribution in [0.15, 0.2) is 54.6 Å². The number of aliphatic carboxylic acids is 1. The molecule has 0 aromatic heterocycles. The van der Waals surface area contributed by atoms with Crippen molar-refractivity contribution in [2.24, 2.45) is 0 Å². The van der Waals surface area contributed by atoms with E-state index in [1.54, 1.807) is 12.1 Å². The zero-order chi connectivity index (χ0) is 20.6. The highest BCUT2D eigenvalue weighted by molar-refractivity contribution is 5.75. The fourth-order valence-electron chi connectivity index (χ4n) is 3.85. The van der Waals surface area contributed by atoms with Gasteiger partial charge in [-0.15, -0.1) is 0 Å². The minimum absolute atomic E-state index is 0.0285. The van der Waals surface area contributed by atoms with Gasteiger partial charge >= 0.3 is 12.0 Å². The number of piperidine rings is 1. The lowest BCUT2D eigenvalue weighted by Gasteiger charge is -2.33. The van der Waals surface area contributed by atoms with Gasteiger partial charge in [-0.2, -0.15) is 0 Å². The number of amides is 2. The molecule has 3 N–H and O–H groups in total. The van der Waals surface area contributed by atoms with Crippen LogP contribution in [0.1, 0.15) is 42.7 Å². The molecule has 29 heavy (non-hydrogen) atoms. The molecule has 3 rings (SSSR count). The first-order valence-electron chi connectivity index (χ1n) is 10.1. The third-order valence-corrected chi connectivity index (χ3v) is 5.51. The number of benzene rings is 2. The fourth-order valence-corrected chi connectivity index (χ4v) is 3.85. The Balaban J connectivity index is 1.55. The van der Waals surface area contributed by atoms with E-state index in [0.29, 0.717) is 31.8 Å². The Bertz CT molecular complexity index is 799. The molecule has 0 saturated carbocycles. The third-order valence-electron chi connectivity index (χ3n) is 5.51. The van der Waals surface area contributed by atoms with Crippen LogP contribution in [0.3, 0.4) is 0 Å². The normalized spacial score (nSPS) is 15.7. The highest BCUT2D eigenvalue weighted by Crippen LogP contribution is 2.29. The molecule has 0 spiro atoms. The summed E-state index contributed by atoms with van der Waals surface area (Å²) < 4.78 is 0. The van der Waals surface area contributed by atoms with Crippen molar-refractivity contribution >= 4 is 12.0 Å². The van der Waals surface area contributed by atoms with Gasteiger partial charge in [0.2, 0.25) is 0 Å². The molecular weight excluding hydrogens is 368 g/mol. The quantitative estimate of drug-likeness (QED) is 0.665. The first-order chi connectivity index (χ1) is 14.0. The van der Waals surface area contributed by atoms with E-state index in [9.17, 15) is 14.7 Å². The Morgan fingerprint density at radius 2 is 1.69 bits per heavy atom. The molecule has 0 aliphatic carbocycles. The number of nitrogens with zero attached hydrogens (tertiary/aromatic N) is 1. The predicted octanol–water partition coefficient (Wildman–Crippen LogP) is 3.76. The molecule has 1 aliphatic heterocycles. The van der Waals surface area contributed by atoms with E-state index in [-0.39, 0.29) is 24.2 Å². The molecular formula is C23H28N2O4. The van der Waals surface area contributed by atoms with Crippen LogP contribution in [-0.2, 0) is 11.2 Å². The molecule has 0 radical (unpaired) electrons. The van der Waals surface area contributed by atoms with E-state index >= 15 is 0 Å². The van der Waals surface area contributed by atoms with Gasteiger partial charge in [0, 0.05) is 25.6 Å². The number of aromatic hydroxyl groups is 1. The zero-order valence-corrected chi connectivity index (χ0v) is 16.5. The fraction of sp³-hybridized carbons (Fsp3) is 0.391. The Morgan fingerprint density at radius 3 is 2.31 bits per heavy atom. The van der Waals surface area contributed by atoms with Crippen molar-refractivity contribution in [2.75, 3.05) is 13.1 Å². The van der Waals surface area contributed by atoms with Gasteiger partial charge in [0.15, 0.2) is 0 Å². The number of rotatable bonds is 7. The second-order valence-corrected chi connectivity index (χ2v) is 7.62. The lowest BCUT2D eigenvalue weighted by molar-refractivity contribution is -0.137. The van der Waals surface area contributed by atoms with E-state index in [4.69, 9.17) is 5.11 Å². The number of carbonyl (C=O) groups is 2. The second-order valence-electron chi connectivity index (χ2n) is 7.62. The van der Waals surface area contributed by atoms with Crippen LogP contribution in [0.5, 0.6) is 5.75 Å². The number of likely N-dealkylation sites (tertiary alicyclic amines) is 1. The van der Waals surface area contributed by atoms with Crippen LogP contribution < -0.4 is 5.32 Å². The van der Waals surface area contributed by atoms with Crippen LogP contribution >= 0.6 is 0 Å². The first kappa shape index (κ1) is 20.7. The van der Waals surface area contributed by atoms with Crippen LogP contribution in [0.4, 0.5) is 4.79 Å². The molecule has 1 unspecified atom stereocenters. The molecule has 6 nitrogen and oxygen atoms in total. The summed E-state index contributed by atoms with van der Waals surface area (Å²) >= 11 is 0. The summed E-state index contributed by atoms with van der Waals surface area (Å²) in [7, 11) is 0. The summed E-state index contributed by atoms with van der Waals surface area (Å²) in [4.78, 5) is 25.6. The van der Waals surface area contributed by atoms with Gasteiger partial charge in [0.25, 0.3) is 0 Å². The van der Waals surface area contributed by atoms with Crippen molar-refractivity contribution in [3.63, 3.8) is 0 Å². The Morgan fingerprint density at radius 1 is 1.03 bits per heavy atom. The lowest BCUT2D eigenvalue weighted by atomic mass is 9.89. The summed E-state index contributed by atoms with van der Waals surface area (Å²) in [6, 6.07) is 16.7. The molecule has 2 aromatic rings. The standard InChI is InChI=1S/C23H28N2O4/c26-21-9-6-18(7-10-21)19-12-14-25(15-13-19)23(29)24-20(8-11-22(27)28)16-17-4-2-1-3-5-17/h1-7,9-10,19-20,26H,8,11-16H2,(H,24,29)(H,27,28). The largest absolute Gasteiger partial charge is 0.508 e. The number of phenolic OH excluding ortho intramolecular Hbond substituents is 1. The number of nitrogens with one attached hydrogen (secondary N) is 1. The zero-order valence-electron chi connectivity index (χ0n) is 16.5. The summed E-state index contributed by atoms with van der Waals surface area (Å²) in [5.41, 5.74) is 2.26. The van der Waals surface area contributed by atoms with Gasteiger partial charge in [0.05, 0.1) is 0 Å². The number of carboxylic acid groups (broad SMARTS) is 1. The summed E-state index contributed by atoms with van der Waals surface area (Å²) in [6.07, 6.45) is 2.79. The maximum absolute atomic E-state index is 12.8. The third kappa shape index (κ3) is 6.24. The van der Waals surface area contributed by atoms with Gasteiger partial charge in [0.1, 0.15) is 5.75 Å². The topological polar surface area (TPSA) is 89.9 Å². The van der Waals surface area contributed by atoms with Crippen molar-refractivity contribution in [2.45, 2.75) is 44.1 Å². The highest BCUT2D eigenvalue weighted by Gasteiger charge is 2.25. The van der Waals surface area contributed by atoms with Crippen molar-refractivity contribution in [1.82, 2.24) is 10.2 Å². The maximum atomic E-state index is 12.8. The molecule has 1 saturated heterocycles.